The molecule has 0 aromatic heterocycles. The highest BCUT2D eigenvalue weighted by atomic mass is 79.9. The molecule has 1 aliphatic rings. The summed E-state index contributed by atoms with van der Waals surface area (Å²) in [6, 6.07) is 7.81. The maximum absolute atomic E-state index is 12.0. The van der Waals surface area contributed by atoms with Crippen molar-refractivity contribution >= 4 is 21.8 Å². The first-order valence-electron chi connectivity index (χ1n) is 6.33. The molecule has 1 aromatic carbocycles. The summed E-state index contributed by atoms with van der Waals surface area (Å²) < 4.78 is 0. The lowest BCUT2D eigenvalue weighted by Crippen LogP contribution is -2.38. The Morgan fingerprint density at radius 1 is 1.22 bits per heavy atom. The number of alkyl halides is 1. The Bertz CT molecular complexity index is 397. The molecule has 0 aliphatic heterocycles. The highest BCUT2D eigenvalue weighted by Gasteiger charge is 2.21. The zero-order valence-electron chi connectivity index (χ0n) is 10.2. The van der Waals surface area contributed by atoms with E-state index < -0.39 is 0 Å². The van der Waals surface area contributed by atoms with Gasteiger partial charge in [-0.25, -0.2) is 0 Å². The molecule has 2 rings (SSSR count). The summed E-state index contributed by atoms with van der Waals surface area (Å²) >= 11 is 3.38. The molecule has 3 nitrogen and oxygen atoms in total. The largest absolute Gasteiger partial charge is 0.393 e. The second kappa shape index (κ2) is 6.34. The minimum atomic E-state index is -0.184. The van der Waals surface area contributed by atoms with Crippen molar-refractivity contribution in [3.05, 3.63) is 35.4 Å². The highest BCUT2D eigenvalue weighted by Crippen LogP contribution is 2.18. The first-order valence-corrected chi connectivity index (χ1v) is 7.45. The fraction of sp³-hybridized carbons (Fsp3) is 0.500. The molecule has 0 bridgehead atoms. The van der Waals surface area contributed by atoms with Gasteiger partial charge in [0, 0.05) is 16.9 Å². The van der Waals surface area contributed by atoms with E-state index in [1.54, 1.807) is 0 Å². The fourth-order valence-electron chi connectivity index (χ4n) is 2.23. The Balaban J connectivity index is 1.90. The topological polar surface area (TPSA) is 49.3 Å². The number of aliphatic hydroxyl groups excluding tert-OH is 1. The van der Waals surface area contributed by atoms with Gasteiger partial charge in [0.05, 0.1) is 6.10 Å². The fourth-order valence-corrected chi connectivity index (χ4v) is 2.61. The summed E-state index contributed by atoms with van der Waals surface area (Å²) in [6.07, 6.45) is 3.12. The van der Waals surface area contributed by atoms with Gasteiger partial charge in [0.2, 0.25) is 0 Å². The van der Waals surface area contributed by atoms with E-state index in [-0.39, 0.29) is 18.1 Å². The van der Waals surface area contributed by atoms with Crippen LogP contribution in [0.3, 0.4) is 0 Å². The lowest BCUT2D eigenvalue weighted by Gasteiger charge is -2.26. The van der Waals surface area contributed by atoms with E-state index in [1.165, 1.54) is 0 Å². The molecular weight excluding hydrogens is 294 g/mol. The van der Waals surface area contributed by atoms with E-state index in [0.29, 0.717) is 5.56 Å². The molecule has 1 saturated carbocycles. The molecule has 0 spiro atoms. The van der Waals surface area contributed by atoms with Crippen LogP contribution in [0.25, 0.3) is 0 Å². The molecule has 0 atom stereocenters. The average Bonchev–Trinajstić information content (AvgIpc) is 2.41. The third kappa shape index (κ3) is 3.56. The van der Waals surface area contributed by atoms with E-state index in [2.05, 4.69) is 21.2 Å². The molecule has 0 saturated heterocycles. The van der Waals surface area contributed by atoms with Crippen LogP contribution < -0.4 is 5.32 Å². The normalized spacial score (nSPS) is 23.7. The number of hydrogen-bond acceptors (Lipinski definition) is 2. The van der Waals surface area contributed by atoms with Gasteiger partial charge >= 0.3 is 0 Å². The molecule has 0 unspecified atom stereocenters. The van der Waals surface area contributed by atoms with Crippen LogP contribution in [0.2, 0.25) is 0 Å². The lowest BCUT2D eigenvalue weighted by atomic mass is 9.93. The molecule has 1 amide bonds. The molecule has 1 fully saturated rings. The first-order chi connectivity index (χ1) is 8.69. The van der Waals surface area contributed by atoms with Crippen LogP contribution in [-0.4, -0.2) is 23.2 Å². The van der Waals surface area contributed by atoms with Crippen molar-refractivity contribution in [2.75, 3.05) is 0 Å². The molecule has 1 aliphatic carbocycles. The van der Waals surface area contributed by atoms with Gasteiger partial charge < -0.3 is 10.4 Å². The molecular formula is C14H18BrNO2. The molecule has 1 aromatic rings. The van der Waals surface area contributed by atoms with E-state index in [4.69, 9.17) is 0 Å². The smallest absolute Gasteiger partial charge is 0.251 e. The third-order valence-electron chi connectivity index (χ3n) is 3.40. The summed E-state index contributed by atoms with van der Waals surface area (Å²) in [7, 11) is 0. The van der Waals surface area contributed by atoms with Crippen LogP contribution in [0.15, 0.2) is 24.3 Å². The average molecular weight is 312 g/mol. The Morgan fingerprint density at radius 2 is 1.83 bits per heavy atom. The van der Waals surface area contributed by atoms with Crippen LogP contribution in [-0.2, 0) is 5.33 Å². The van der Waals surface area contributed by atoms with Crippen molar-refractivity contribution in [1.29, 1.82) is 0 Å². The number of hydrogen-bond donors (Lipinski definition) is 2. The second-order valence-corrected chi connectivity index (χ2v) is 5.37. The van der Waals surface area contributed by atoms with Gasteiger partial charge in [-0.05, 0) is 43.4 Å². The zero-order chi connectivity index (χ0) is 13.0. The number of carbonyl (C=O) groups is 1. The molecule has 18 heavy (non-hydrogen) atoms. The molecule has 0 heterocycles. The maximum Gasteiger partial charge on any atom is 0.251 e. The summed E-state index contributed by atoms with van der Waals surface area (Å²) in [5, 5.41) is 13.3. The molecule has 98 valence electrons. The van der Waals surface area contributed by atoms with Crippen molar-refractivity contribution in [2.45, 2.75) is 43.2 Å². The highest BCUT2D eigenvalue weighted by molar-refractivity contribution is 9.08. The summed E-state index contributed by atoms with van der Waals surface area (Å²) in [5.41, 5.74) is 1.86. The number of benzene rings is 1. The van der Waals surface area contributed by atoms with Crippen LogP contribution in [0, 0.1) is 0 Å². The maximum atomic E-state index is 12.0. The van der Waals surface area contributed by atoms with Gasteiger partial charge in [0.1, 0.15) is 0 Å². The monoisotopic (exact) mass is 311 g/mol. The number of nitrogens with one attached hydrogen (secondary N) is 1. The van der Waals surface area contributed by atoms with Crippen molar-refractivity contribution in [1.82, 2.24) is 5.32 Å². The quantitative estimate of drug-likeness (QED) is 0.843. The van der Waals surface area contributed by atoms with Gasteiger partial charge in [-0.15, -0.1) is 0 Å². The minimum absolute atomic E-state index is 0.0162. The van der Waals surface area contributed by atoms with Gasteiger partial charge in [-0.1, -0.05) is 28.1 Å². The predicted octanol–water partition coefficient (Wildman–Crippen LogP) is 2.61. The number of aliphatic hydroxyl groups is 1. The van der Waals surface area contributed by atoms with Crippen molar-refractivity contribution in [2.24, 2.45) is 0 Å². The summed E-state index contributed by atoms with van der Waals surface area (Å²) in [4.78, 5) is 12.0. The third-order valence-corrected chi connectivity index (χ3v) is 4.05. The van der Waals surface area contributed by atoms with Crippen molar-refractivity contribution < 1.29 is 9.90 Å². The van der Waals surface area contributed by atoms with Crippen LogP contribution >= 0.6 is 15.9 Å². The molecule has 4 heteroatoms. The Morgan fingerprint density at radius 3 is 2.39 bits per heavy atom. The number of rotatable bonds is 3. The van der Waals surface area contributed by atoms with Gasteiger partial charge in [0.25, 0.3) is 5.91 Å². The zero-order valence-corrected chi connectivity index (χ0v) is 11.8. The SMILES string of the molecule is O=C(NC1CCC(O)CC1)c1ccc(CBr)cc1. The van der Waals surface area contributed by atoms with Gasteiger partial charge in [-0.2, -0.15) is 0 Å². The van der Waals surface area contributed by atoms with E-state index in [0.717, 1.165) is 36.6 Å². The number of amides is 1. The Labute approximate surface area is 116 Å². The van der Waals surface area contributed by atoms with Crippen molar-refractivity contribution in [3.8, 4) is 0 Å². The lowest BCUT2D eigenvalue weighted by molar-refractivity contribution is 0.0867. The van der Waals surface area contributed by atoms with Crippen LogP contribution in [0.5, 0.6) is 0 Å². The summed E-state index contributed by atoms with van der Waals surface area (Å²) in [5.74, 6) is -0.0162. The van der Waals surface area contributed by atoms with E-state index in [1.807, 2.05) is 24.3 Å². The Kier molecular flexibility index (Phi) is 4.78. The Hall–Kier alpha value is -0.870. The number of carbonyl (C=O) groups excluding carboxylic acids is 1. The van der Waals surface area contributed by atoms with Crippen LogP contribution in [0.1, 0.15) is 41.6 Å². The molecule has 2 N–H and O–H groups in total. The summed E-state index contributed by atoms with van der Waals surface area (Å²) in [6.45, 7) is 0. The second-order valence-electron chi connectivity index (χ2n) is 4.81. The number of halogens is 1. The van der Waals surface area contributed by atoms with E-state index >= 15 is 0 Å². The van der Waals surface area contributed by atoms with Crippen LogP contribution in [0.4, 0.5) is 0 Å². The van der Waals surface area contributed by atoms with Gasteiger partial charge in [-0.3, -0.25) is 4.79 Å². The first kappa shape index (κ1) is 13.6. The standard InChI is InChI=1S/C14H18BrNO2/c15-9-10-1-3-11(4-2-10)14(18)16-12-5-7-13(17)8-6-12/h1-4,12-13,17H,5-9H2,(H,16,18). The predicted molar refractivity (Wildman–Crippen MR) is 74.8 cm³/mol. The van der Waals surface area contributed by atoms with Gasteiger partial charge in [0.15, 0.2) is 0 Å². The minimum Gasteiger partial charge on any atom is -0.393 e. The van der Waals surface area contributed by atoms with E-state index in [9.17, 15) is 9.90 Å². The molecule has 0 radical (unpaired) electrons. The van der Waals surface area contributed by atoms with Crippen molar-refractivity contribution in [3.63, 3.8) is 0 Å².